The third kappa shape index (κ3) is 4.18. The lowest BCUT2D eigenvalue weighted by Gasteiger charge is -2.16. The largest absolute Gasteiger partial charge is 0.299 e. The second-order valence-corrected chi connectivity index (χ2v) is 6.72. The van der Waals surface area contributed by atoms with Crippen LogP contribution in [0.4, 0.5) is 4.39 Å². The standard InChI is InChI=1S/C18H12BrFN2O2S/c19-15-9-11(8-14-16(23)21-18(25)22-17(14)24)4-5-12(15)6-10-2-1-3-13(20)7-10/h1-5,7-9H,6H2,(H2,21,22,23,24,25). The predicted molar refractivity (Wildman–Crippen MR) is 100 cm³/mol. The summed E-state index contributed by atoms with van der Waals surface area (Å²) >= 11 is 8.24. The van der Waals surface area contributed by atoms with Gasteiger partial charge < -0.3 is 0 Å². The summed E-state index contributed by atoms with van der Waals surface area (Å²) in [5.41, 5.74) is 2.49. The average molecular weight is 419 g/mol. The molecule has 0 spiro atoms. The first-order chi connectivity index (χ1) is 11.9. The van der Waals surface area contributed by atoms with E-state index >= 15 is 0 Å². The molecule has 0 aliphatic carbocycles. The smallest absolute Gasteiger partial charge is 0.263 e. The van der Waals surface area contributed by atoms with Crippen LogP contribution < -0.4 is 10.6 Å². The number of benzene rings is 2. The van der Waals surface area contributed by atoms with Gasteiger partial charge in [0.25, 0.3) is 11.8 Å². The average Bonchev–Trinajstić information content (AvgIpc) is 2.53. The molecule has 0 bridgehead atoms. The molecule has 0 atom stereocenters. The predicted octanol–water partition coefficient (Wildman–Crippen LogP) is 3.09. The molecule has 25 heavy (non-hydrogen) atoms. The monoisotopic (exact) mass is 418 g/mol. The van der Waals surface area contributed by atoms with Gasteiger partial charge in [-0.05, 0) is 59.6 Å². The summed E-state index contributed by atoms with van der Waals surface area (Å²) in [6, 6.07) is 11.9. The molecule has 4 nitrogen and oxygen atoms in total. The van der Waals surface area contributed by atoms with Gasteiger partial charge in [0.05, 0.1) is 0 Å². The van der Waals surface area contributed by atoms with Crippen molar-refractivity contribution in [3.05, 3.63) is 75.0 Å². The molecule has 126 valence electrons. The summed E-state index contributed by atoms with van der Waals surface area (Å²) in [6.07, 6.45) is 2.05. The van der Waals surface area contributed by atoms with E-state index in [1.807, 2.05) is 12.1 Å². The van der Waals surface area contributed by atoms with Crippen molar-refractivity contribution in [2.24, 2.45) is 0 Å². The molecular weight excluding hydrogens is 407 g/mol. The molecular formula is C18H12BrFN2O2S. The number of carbonyl (C=O) groups excluding carboxylic acids is 2. The van der Waals surface area contributed by atoms with E-state index < -0.39 is 11.8 Å². The van der Waals surface area contributed by atoms with Crippen LogP contribution in [0.15, 0.2) is 52.5 Å². The van der Waals surface area contributed by atoms with E-state index in [9.17, 15) is 14.0 Å². The number of carbonyl (C=O) groups is 2. The fraction of sp³-hybridized carbons (Fsp3) is 0.0556. The first kappa shape index (κ1) is 17.4. The van der Waals surface area contributed by atoms with E-state index in [0.717, 1.165) is 15.6 Å². The van der Waals surface area contributed by atoms with E-state index in [-0.39, 0.29) is 16.5 Å². The highest BCUT2D eigenvalue weighted by molar-refractivity contribution is 9.10. The first-order valence-electron chi connectivity index (χ1n) is 7.33. The second kappa shape index (κ2) is 7.25. The van der Waals surface area contributed by atoms with Gasteiger partial charge in [0.2, 0.25) is 0 Å². The van der Waals surface area contributed by atoms with E-state index in [1.165, 1.54) is 18.2 Å². The van der Waals surface area contributed by atoms with Crippen molar-refractivity contribution in [3.8, 4) is 0 Å². The van der Waals surface area contributed by atoms with E-state index in [2.05, 4.69) is 26.6 Å². The Morgan fingerprint density at radius 1 is 1.08 bits per heavy atom. The maximum absolute atomic E-state index is 13.3. The Morgan fingerprint density at radius 2 is 1.80 bits per heavy atom. The summed E-state index contributed by atoms with van der Waals surface area (Å²) in [6.45, 7) is 0. The minimum absolute atomic E-state index is 0.00114. The van der Waals surface area contributed by atoms with Gasteiger partial charge in [0, 0.05) is 4.47 Å². The van der Waals surface area contributed by atoms with Crippen LogP contribution in [0.2, 0.25) is 0 Å². The molecule has 0 radical (unpaired) electrons. The van der Waals surface area contributed by atoms with Crippen molar-refractivity contribution in [2.45, 2.75) is 6.42 Å². The normalized spacial score (nSPS) is 14.2. The van der Waals surface area contributed by atoms with Crippen LogP contribution in [0.5, 0.6) is 0 Å². The molecule has 1 heterocycles. The number of amides is 2. The Bertz CT molecular complexity index is 905. The van der Waals surface area contributed by atoms with Crippen molar-refractivity contribution >= 4 is 51.2 Å². The zero-order valence-corrected chi connectivity index (χ0v) is 15.2. The van der Waals surface area contributed by atoms with Crippen LogP contribution in [0, 0.1) is 5.82 Å². The maximum atomic E-state index is 13.3. The van der Waals surface area contributed by atoms with E-state index in [0.29, 0.717) is 12.0 Å². The molecule has 1 saturated heterocycles. The third-order valence-electron chi connectivity index (χ3n) is 3.62. The summed E-state index contributed by atoms with van der Waals surface area (Å²) in [5.74, 6) is -1.34. The maximum Gasteiger partial charge on any atom is 0.263 e. The lowest BCUT2D eigenvalue weighted by molar-refractivity contribution is -0.123. The van der Waals surface area contributed by atoms with Crippen molar-refractivity contribution in [1.82, 2.24) is 10.6 Å². The van der Waals surface area contributed by atoms with Gasteiger partial charge in [0.15, 0.2) is 5.11 Å². The topological polar surface area (TPSA) is 58.2 Å². The number of hydrogen-bond donors (Lipinski definition) is 2. The first-order valence-corrected chi connectivity index (χ1v) is 8.54. The van der Waals surface area contributed by atoms with Crippen LogP contribution in [-0.2, 0) is 16.0 Å². The molecule has 2 aromatic carbocycles. The number of thiocarbonyl (C=S) groups is 1. The zero-order chi connectivity index (χ0) is 18.0. The van der Waals surface area contributed by atoms with E-state index in [4.69, 9.17) is 12.2 Å². The van der Waals surface area contributed by atoms with E-state index in [1.54, 1.807) is 18.2 Å². The van der Waals surface area contributed by atoms with Gasteiger partial charge in [-0.2, -0.15) is 0 Å². The molecule has 0 saturated carbocycles. The van der Waals surface area contributed by atoms with Crippen LogP contribution >= 0.6 is 28.1 Å². The molecule has 1 aliphatic heterocycles. The van der Waals surface area contributed by atoms with Gasteiger partial charge in [-0.3, -0.25) is 20.2 Å². The number of halogens is 2. The minimum atomic E-state index is -0.534. The van der Waals surface area contributed by atoms with Crippen molar-refractivity contribution in [1.29, 1.82) is 0 Å². The van der Waals surface area contributed by atoms with Crippen molar-refractivity contribution in [2.75, 3.05) is 0 Å². The van der Waals surface area contributed by atoms with Gasteiger partial charge in [-0.1, -0.05) is 40.2 Å². The Balaban J connectivity index is 1.84. The molecule has 3 rings (SSSR count). The van der Waals surface area contributed by atoms with Crippen LogP contribution in [0.1, 0.15) is 16.7 Å². The Labute approximate surface area is 157 Å². The lowest BCUT2D eigenvalue weighted by Crippen LogP contribution is -2.51. The van der Waals surface area contributed by atoms with Gasteiger partial charge in [0.1, 0.15) is 11.4 Å². The summed E-state index contributed by atoms with van der Waals surface area (Å²) in [5, 5.41) is 4.78. The minimum Gasteiger partial charge on any atom is -0.299 e. The highest BCUT2D eigenvalue weighted by Crippen LogP contribution is 2.23. The molecule has 0 unspecified atom stereocenters. The molecule has 2 aromatic rings. The molecule has 2 N–H and O–H groups in total. The van der Waals surface area contributed by atoms with Crippen molar-refractivity contribution < 1.29 is 14.0 Å². The van der Waals surface area contributed by atoms with Gasteiger partial charge >= 0.3 is 0 Å². The molecule has 0 aromatic heterocycles. The number of rotatable bonds is 3. The number of hydrogen-bond acceptors (Lipinski definition) is 3. The Morgan fingerprint density at radius 3 is 2.44 bits per heavy atom. The molecule has 1 aliphatic rings. The zero-order valence-electron chi connectivity index (χ0n) is 12.8. The fourth-order valence-corrected chi connectivity index (χ4v) is 3.16. The lowest BCUT2D eigenvalue weighted by atomic mass is 10.0. The van der Waals surface area contributed by atoms with Crippen LogP contribution in [0.3, 0.4) is 0 Å². The summed E-state index contributed by atoms with van der Waals surface area (Å²) in [7, 11) is 0. The van der Waals surface area contributed by atoms with Crippen LogP contribution in [-0.4, -0.2) is 16.9 Å². The van der Waals surface area contributed by atoms with Gasteiger partial charge in [-0.15, -0.1) is 0 Å². The SMILES string of the molecule is O=C1NC(=S)NC(=O)C1=Cc1ccc(Cc2cccc(F)c2)c(Br)c1. The summed E-state index contributed by atoms with van der Waals surface area (Å²) < 4.78 is 14.1. The Kier molecular flexibility index (Phi) is 5.06. The molecule has 7 heteroatoms. The quantitative estimate of drug-likeness (QED) is 0.457. The summed E-state index contributed by atoms with van der Waals surface area (Å²) in [4.78, 5) is 23.7. The van der Waals surface area contributed by atoms with Gasteiger partial charge in [-0.25, -0.2) is 4.39 Å². The molecule has 2 amide bonds. The third-order valence-corrected chi connectivity index (χ3v) is 4.56. The van der Waals surface area contributed by atoms with Crippen LogP contribution in [0.25, 0.3) is 6.08 Å². The fourth-order valence-electron chi connectivity index (χ4n) is 2.44. The van der Waals surface area contributed by atoms with Crippen molar-refractivity contribution in [3.63, 3.8) is 0 Å². The highest BCUT2D eigenvalue weighted by Gasteiger charge is 2.25. The highest BCUT2D eigenvalue weighted by atomic mass is 79.9. The second-order valence-electron chi connectivity index (χ2n) is 5.45. The molecule has 1 fully saturated rings. The Hall–Kier alpha value is -2.38. The number of nitrogens with one attached hydrogen (secondary N) is 2.